The maximum Gasteiger partial charge on any atom is 0.320 e. The highest BCUT2D eigenvalue weighted by Crippen LogP contribution is 2.10. The van der Waals surface area contributed by atoms with Crippen LogP contribution in [0.5, 0.6) is 0 Å². The van der Waals surface area contributed by atoms with Gasteiger partial charge in [-0.2, -0.15) is 0 Å². The summed E-state index contributed by atoms with van der Waals surface area (Å²) >= 11 is 0. The molecule has 1 aromatic carbocycles. The van der Waals surface area contributed by atoms with Gasteiger partial charge in [-0.15, -0.1) is 0 Å². The van der Waals surface area contributed by atoms with E-state index in [4.69, 9.17) is 10.5 Å². The highest BCUT2D eigenvalue weighted by Gasteiger charge is 2.20. The van der Waals surface area contributed by atoms with E-state index in [0.717, 1.165) is 5.56 Å². The molecular weight excluding hydrogens is 270 g/mol. The smallest absolute Gasteiger partial charge is 0.320 e. The second kappa shape index (κ2) is 8.39. The first kappa shape index (κ1) is 17.1. The first-order chi connectivity index (χ1) is 9.97. The number of benzene rings is 1. The molecule has 0 spiro atoms. The van der Waals surface area contributed by atoms with Gasteiger partial charge in [0, 0.05) is 12.2 Å². The summed E-state index contributed by atoms with van der Waals surface area (Å²) < 4.78 is 4.86. The lowest BCUT2D eigenvalue weighted by Gasteiger charge is -2.22. The fourth-order valence-electron chi connectivity index (χ4n) is 1.72. The van der Waals surface area contributed by atoms with E-state index in [9.17, 15) is 9.59 Å². The zero-order valence-corrected chi connectivity index (χ0v) is 12.8. The van der Waals surface area contributed by atoms with Gasteiger partial charge in [-0.1, -0.05) is 12.1 Å². The number of hydrogen-bond acceptors (Lipinski definition) is 5. The number of anilines is 1. The predicted octanol–water partition coefficient (Wildman–Crippen LogP) is 0.967. The van der Waals surface area contributed by atoms with Crippen molar-refractivity contribution in [2.24, 2.45) is 5.73 Å². The van der Waals surface area contributed by atoms with Crippen LogP contribution in [0.1, 0.15) is 19.4 Å². The van der Waals surface area contributed by atoms with Gasteiger partial charge in [0.25, 0.3) is 0 Å². The van der Waals surface area contributed by atoms with E-state index >= 15 is 0 Å². The number of carbonyl (C=O) groups is 2. The van der Waals surface area contributed by atoms with Crippen LogP contribution in [-0.4, -0.2) is 43.0 Å². The van der Waals surface area contributed by atoms with Crippen molar-refractivity contribution in [3.8, 4) is 0 Å². The first-order valence-corrected chi connectivity index (χ1v) is 6.93. The fraction of sp³-hybridized carbons (Fsp3) is 0.467. The lowest BCUT2D eigenvalue weighted by atomic mass is 10.2. The third-order valence-electron chi connectivity index (χ3n) is 3.18. The molecule has 0 bridgehead atoms. The molecule has 0 heterocycles. The van der Waals surface area contributed by atoms with Crippen LogP contribution in [-0.2, 0) is 20.9 Å². The van der Waals surface area contributed by atoms with E-state index in [0.29, 0.717) is 18.8 Å². The average Bonchev–Trinajstić information content (AvgIpc) is 2.47. The van der Waals surface area contributed by atoms with E-state index in [1.807, 2.05) is 12.1 Å². The van der Waals surface area contributed by atoms with Crippen molar-refractivity contribution in [3.05, 3.63) is 29.8 Å². The molecule has 0 aliphatic heterocycles. The number of likely N-dealkylation sites (N-methyl/N-ethyl adjacent to an activating group) is 1. The molecule has 1 atom stereocenters. The molecule has 6 heteroatoms. The minimum Gasteiger partial charge on any atom is -0.465 e. The summed E-state index contributed by atoms with van der Waals surface area (Å²) in [5, 5.41) is 2.81. The van der Waals surface area contributed by atoms with Crippen molar-refractivity contribution in [1.29, 1.82) is 0 Å². The van der Waals surface area contributed by atoms with Crippen molar-refractivity contribution >= 4 is 17.6 Å². The third-order valence-corrected chi connectivity index (χ3v) is 3.18. The van der Waals surface area contributed by atoms with Gasteiger partial charge in [0.1, 0.15) is 0 Å². The topological polar surface area (TPSA) is 84.7 Å². The summed E-state index contributed by atoms with van der Waals surface area (Å²) in [7, 11) is 1.71. The van der Waals surface area contributed by atoms with Crippen LogP contribution in [0.4, 0.5) is 5.69 Å². The number of hydrogen-bond donors (Lipinski definition) is 2. The molecule has 0 aromatic heterocycles. The lowest BCUT2D eigenvalue weighted by molar-refractivity contribution is -0.144. The zero-order chi connectivity index (χ0) is 15.8. The molecular formula is C15H23N3O3. The number of rotatable bonds is 7. The highest BCUT2D eigenvalue weighted by molar-refractivity contribution is 5.94. The Morgan fingerprint density at radius 3 is 2.48 bits per heavy atom. The number of nitrogens with two attached hydrogens (primary N) is 1. The zero-order valence-electron chi connectivity index (χ0n) is 12.8. The van der Waals surface area contributed by atoms with Gasteiger partial charge in [-0.3, -0.25) is 14.5 Å². The van der Waals surface area contributed by atoms with Crippen molar-refractivity contribution in [3.63, 3.8) is 0 Å². The van der Waals surface area contributed by atoms with E-state index in [2.05, 4.69) is 5.32 Å². The second-order valence-corrected chi connectivity index (χ2v) is 4.79. The summed E-state index contributed by atoms with van der Waals surface area (Å²) in [4.78, 5) is 25.2. The van der Waals surface area contributed by atoms with Gasteiger partial charge in [0.2, 0.25) is 5.91 Å². The molecule has 1 amide bonds. The average molecular weight is 293 g/mol. The highest BCUT2D eigenvalue weighted by atomic mass is 16.5. The Hall–Kier alpha value is -1.92. The summed E-state index contributed by atoms with van der Waals surface area (Å²) in [6.45, 7) is 4.37. The maximum atomic E-state index is 12.1. The van der Waals surface area contributed by atoms with Crippen molar-refractivity contribution in [1.82, 2.24) is 4.90 Å². The predicted molar refractivity (Wildman–Crippen MR) is 81.7 cm³/mol. The van der Waals surface area contributed by atoms with Crippen LogP contribution in [0.15, 0.2) is 24.3 Å². The molecule has 1 unspecified atom stereocenters. The van der Waals surface area contributed by atoms with E-state index < -0.39 is 6.04 Å². The minimum atomic E-state index is -0.441. The molecule has 1 aromatic rings. The summed E-state index contributed by atoms with van der Waals surface area (Å²) in [6, 6.07) is 6.89. The van der Waals surface area contributed by atoms with Gasteiger partial charge >= 0.3 is 5.97 Å². The summed E-state index contributed by atoms with van der Waals surface area (Å²) in [5.41, 5.74) is 7.23. The standard InChI is InChI=1S/C15H23N3O3/c1-4-21-14(19)10-18(3)11(2)15(20)17-13-7-5-12(9-16)6-8-13/h5-8,11H,4,9-10,16H2,1-3H3,(H,17,20). The molecule has 0 fully saturated rings. The molecule has 0 saturated heterocycles. The Balaban J connectivity index is 2.54. The number of carbonyl (C=O) groups excluding carboxylic acids is 2. The summed E-state index contributed by atoms with van der Waals surface area (Å²) in [5.74, 6) is -0.519. The quantitative estimate of drug-likeness (QED) is 0.732. The van der Waals surface area contributed by atoms with Crippen molar-refractivity contribution < 1.29 is 14.3 Å². The SMILES string of the molecule is CCOC(=O)CN(C)C(C)C(=O)Nc1ccc(CN)cc1. The molecule has 21 heavy (non-hydrogen) atoms. The van der Waals surface area contributed by atoms with Crippen LogP contribution in [0.3, 0.4) is 0 Å². The molecule has 3 N–H and O–H groups in total. The van der Waals surface area contributed by atoms with Crippen molar-refractivity contribution in [2.75, 3.05) is 25.5 Å². The van der Waals surface area contributed by atoms with Crippen molar-refractivity contribution in [2.45, 2.75) is 26.4 Å². The van der Waals surface area contributed by atoms with Gasteiger partial charge in [-0.25, -0.2) is 0 Å². The molecule has 0 saturated carbocycles. The minimum absolute atomic E-state index is 0.0779. The molecule has 0 aliphatic rings. The number of nitrogens with one attached hydrogen (secondary N) is 1. The molecule has 0 radical (unpaired) electrons. The lowest BCUT2D eigenvalue weighted by Crippen LogP contribution is -2.42. The molecule has 1 rings (SSSR count). The van der Waals surface area contributed by atoms with Gasteiger partial charge in [-0.05, 0) is 38.6 Å². The second-order valence-electron chi connectivity index (χ2n) is 4.79. The molecule has 6 nitrogen and oxygen atoms in total. The first-order valence-electron chi connectivity index (χ1n) is 6.93. The summed E-state index contributed by atoms with van der Waals surface area (Å²) in [6.07, 6.45) is 0. The monoisotopic (exact) mass is 293 g/mol. The largest absolute Gasteiger partial charge is 0.465 e. The number of amides is 1. The van der Waals surface area contributed by atoms with E-state index in [1.165, 1.54) is 0 Å². The van der Waals surface area contributed by atoms with E-state index in [1.54, 1.807) is 37.9 Å². The third kappa shape index (κ3) is 5.53. The Morgan fingerprint density at radius 1 is 1.33 bits per heavy atom. The van der Waals surface area contributed by atoms with Crippen LogP contribution >= 0.6 is 0 Å². The van der Waals surface area contributed by atoms with Crippen LogP contribution in [0, 0.1) is 0 Å². The normalized spacial score (nSPS) is 12.0. The Kier molecular flexibility index (Phi) is 6.84. The van der Waals surface area contributed by atoms with E-state index in [-0.39, 0.29) is 18.4 Å². The fourth-order valence-corrected chi connectivity index (χ4v) is 1.72. The van der Waals surface area contributed by atoms with Crippen LogP contribution < -0.4 is 11.1 Å². The Morgan fingerprint density at radius 2 is 1.95 bits per heavy atom. The number of esters is 1. The van der Waals surface area contributed by atoms with Crippen LogP contribution in [0.25, 0.3) is 0 Å². The number of nitrogens with zero attached hydrogens (tertiary/aromatic N) is 1. The Labute approximate surface area is 125 Å². The number of ether oxygens (including phenoxy) is 1. The van der Waals surface area contributed by atoms with Gasteiger partial charge < -0.3 is 15.8 Å². The Bertz CT molecular complexity index is 474. The molecule has 116 valence electrons. The van der Waals surface area contributed by atoms with Gasteiger partial charge in [0.05, 0.1) is 19.2 Å². The molecule has 0 aliphatic carbocycles. The van der Waals surface area contributed by atoms with Gasteiger partial charge in [0.15, 0.2) is 0 Å². The van der Waals surface area contributed by atoms with Crippen LogP contribution in [0.2, 0.25) is 0 Å². The maximum absolute atomic E-state index is 12.1.